The van der Waals surface area contributed by atoms with E-state index < -0.39 is 7.26 Å². The minimum Gasteiger partial charge on any atom is -1.00 e. The highest BCUT2D eigenvalue weighted by molar-refractivity contribution is 7.98. The highest BCUT2D eigenvalue weighted by Crippen LogP contribution is 2.61. The van der Waals surface area contributed by atoms with Gasteiger partial charge in [0.2, 0.25) is 5.50 Å². The van der Waals surface area contributed by atoms with Crippen LogP contribution in [0.25, 0.3) is 0 Å². The number of hydrogen-bond donors (Lipinski definition) is 0. The van der Waals surface area contributed by atoms with Crippen LogP contribution in [0, 0.1) is 0 Å². The summed E-state index contributed by atoms with van der Waals surface area (Å²) in [4.78, 5) is 0. The van der Waals surface area contributed by atoms with Gasteiger partial charge in [0.1, 0.15) is 15.9 Å². The molecule has 0 aliphatic rings. The molecule has 128 valence electrons. The van der Waals surface area contributed by atoms with Gasteiger partial charge in [-0.3, -0.25) is 0 Å². The standard InChI is InChI=1S/C22H22OP.BrH/c1-3-23-19(2)24(20-13-7-4-8-14-20,21-15-9-5-10-16-21)22-17-11-6-12-18-22;/h4-18H,2-3H2,1H3;1H/q+1;/p-1. The summed E-state index contributed by atoms with van der Waals surface area (Å²) in [5, 5.41) is 3.79. The fourth-order valence-corrected chi connectivity index (χ4v) is 7.04. The number of halogens is 1. The molecule has 3 heteroatoms. The summed E-state index contributed by atoms with van der Waals surface area (Å²) >= 11 is 0. The lowest BCUT2D eigenvalue weighted by Gasteiger charge is -2.27. The van der Waals surface area contributed by atoms with E-state index in [4.69, 9.17) is 4.74 Å². The van der Waals surface area contributed by atoms with Crippen LogP contribution in [0.3, 0.4) is 0 Å². The van der Waals surface area contributed by atoms with E-state index in [2.05, 4.69) is 97.6 Å². The van der Waals surface area contributed by atoms with Gasteiger partial charge in [-0.1, -0.05) is 54.6 Å². The van der Waals surface area contributed by atoms with Crippen LogP contribution < -0.4 is 32.9 Å². The number of ether oxygens (including phenoxy) is 1. The molecule has 0 radical (unpaired) electrons. The zero-order chi connectivity index (χ0) is 16.8. The Labute approximate surface area is 161 Å². The van der Waals surface area contributed by atoms with Crippen LogP contribution in [-0.4, -0.2) is 6.61 Å². The van der Waals surface area contributed by atoms with Gasteiger partial charge in [-0.05, 0) is 49.9 Å². The fourth-order valence-electron chi connectivity index (χ4n) is 3.10. The van der Waals surface area contributed by atoms with Crippen molar-refractivity contribution < 1.29 is 21.7 Å². The maximum absolute atomic E-state index is 6.03. The van der Waals surface area contributed by atoms with Gasteiger partial charge in [-0.15, -0.1) is 0 Å². The predicted molar refractivity (Wildman–Crippen MR) is 106 cm³/mol. The Balaban J connectivity index is 0.00000225. The Hall–Kier alpha value is -1.89. The molecule has 0 aromatic heterocycles. The quantitative estimate of drug-likeness (QED) is 0.440. The summed E-state index contributed by atoms with van der Waals surface area (Å²) in [6, 6.07) is 31.9. The highest BCUT2D eigenvalue weighted by Gasteiger charge is 2.50. The summed E-state index contributed by atoms with van der Waals surface area (Å²) in [5.74, 6) is 0. The van der Waals surface area contributed by atoms with E-state index in [1.165, 1.54) is 15.9 Å². The van der Waals surface area contributed by atoms with Crippen LogP contribution in [0.2, 0.25) is 0 Å². The van der Waals surface area contributed by atoms with Crippen molar-refractivity contribution >= 4 is 23.2 Å². The molecule has 3 aromatic rings. The SMILES string of the molecule is C=C(OCC)[P+](c1ccccc1)(c1ccccc1)c1ccccc1.[Br-]. The predicted octanol–water partition coefficient (Wildman–Crippen LogP) is 1.49. The van der Waals surface area contributed by atoms with E-state index in [1.807, 2.05) is 6.92 Å². The third-order valence-corrected chi connectivity index (χ3v) is 8.21. The minimum absolute atomic E-state index is 0. The third kappa shape index (κ3) is 3.71. The van der Waals surface area contributed by atoms with Crippen molar-refractivity contribution in [3.63, 3.8) is 0 Å². The van der Waals surface area contributed by atoms with Gasteiger partial charge in [-0.25, -0.2) is 0 Å². The molecule has 0 unspecified atom stereocenters. The molecule has 0 N–H and O–H groups in total. The molecule has 3 aromatic carbocycles. The van der Waals surface area contributed by atoms with Crippen molar-refractivity contribution in [2.45, 2.75) is 6.92 Å². The van der Waals surface area contributed by atoms with Gasteiger partial charge in [0, 0.05) is 0 Å². The second kappa shape index (κ2) is 8.99. The Bertz CT molecular complexity index is 691. The van der Waals surface area contributed by atoms with Gasteiger partial charge in [0.05, 0.1) is 6.61 Å². The highest BCUT2D eigenvalue weighted by atomic mass is 79.9. The van der Waals surface area contributed by atoms with Crippen molar-refractivity contribution in [1.82, 2.24) is 0 Å². The first-order valence-electron chi connectivity index (χ1n) is 8.18. The molecule has 0 aliphatic carbocycles. The third-order valence-electron chi connectivity index (χ3n) is 4.12. The van der Waals surface area contributed by atoms with E-state index in [0.717, 1.165) is 5.50 Å². The first kappa shape index (κ1) is 19.4. The van der Waals surface area contributed by atoms with E-state index >= 15 is 0 Å². The van der Waals surface area contributed by atoms with Gasteiger partial charge >= 0.3 is 0 Å². The number of rotatable bonds is 6. The molecule has 0 saturated heterocycles. The molecule has 0 spiro atoms. The van der Waals surface area contributed by atoms with Crippen LogP contribution in [0.4, 0.5) is 0 Å². The summed E-state index contributed by atoms with van der Waals surface area (Å²) in [6.45, 7) is 7.01. The van der Waals surface area contributed by atoms with E-state index in [-0.39, 0.29) is 17.0 Å². The normalized spacial score (nSPS) is 10.6. The summed E-state index contributed by atoms with van der Waals surface area (Å²) < 4.78 is 6.03. The van der Waals surface area contributed by atoms with E-state index in [9.17, 15) is 0 Å². The first-order chi connectivity index (χ1) is 11.8. The average Bonchev–Trinajstić information content (AvgIpc) is 2.65. The molecule has 0 heterocycles. The van der Waals surface area contributed by atoms with Gasteiger partial charge in [0.25, 0.3) is 0 Å². The maximum atomic E-state index is 6.03. The van der Waals surface area contributed by atoms with Crippen molar-refractivity contribution in [2.24, 2.45) is 0 Å². The fraction of sp³-hybridized carbons (Fsp3) is 0.0909. The molecule has 1 nitrogen and oxygen atoms in total. The van der Waals surface area contributed by atoms with Crippen LogP contribution in [0.1, 0.15) is 6.92 Å². The topological polar surface area (TPSA) is 9.23 Å². The monoisotopic (exact) mass is 412 g/mol. The van der Waals surface area contributed by atoms with Crippen LogP contribution in [0.5, 0.6) is 0 Å². The molecule has 0 bridgehead atoms. The smallest absolute Gasteiger partial charge is 0.249 e. The van der Waals surface area contributed by atoms with Gasteiger partial charge < -0.3 is 21.7 Å². The largest absolute Gasteiger partial charge is 1.00 e. The first-order valence-corrected chi connectivity index (χ1v) is 9.97. The molecule has 25 heavy (non-hydrogen) atoms. The summed E-state index contributed by atoms with van der Waals surface area (Å²) in [6.07, 6.45) is 0. The molecule has 0 saturated carbocycles. The Morgan fingerprint density at radius 2 is 1.04 bits per heavy atom. The summed E-state index contributed by atoms with van der Waals surface area (Å²) in [5.41, 5.74) is 0.855. The van der Waals surface area contributed by atoms with E-state index in [0.29, 0.717) is 6.61 Å². The molecule has 0 fully saturated rings. The lowest BCUT2D eigenvalue weighted by atomic mass is 10.4. The number of hydrogen-bond acceptors (Lipinski definition) is 1. The lowest BCUT2D eigenvalue weighted by molar-refractivity contribution is -0.00000534. The molecule has 0 atom stereocenters. The second-order valence-electron chi connectivity index (χ2n) is 5.50. The summed E-state index contributed by atoms with van der Waals surface area (Å²) in [7, 11) is -2.08. The Morgan fingerprint density at radius 3 is 1.32 bits per heavy atom. The Kier molecular flexibility index (Phi) is 6.99. The van der Waals surface area contributed by atoms with Gasteiger partial charge in [-0.2, -0.15) is 0 Å². The van der Waals surface area contributed by atoms with Crippen molar-refractivity contribution in [3.8, 4) is 0 Å². The zero-order valence-corrected chi connectivity index (χ0v) is 16.8. The van der Waals surface area contributed by atoms with Crippen molar-refractivity contribution in [1.29, 1.82) is 0 Å². The molecule has 0 aliphatic heterocycles. The average molecular weight is 413 g/mol. The minimum atomic E-state index is -2.08. The van der Waals surface area contributed by atoms with Crippen molar-refractivity contribution in [2.75, 3.05) is 6.61 Å². The van der Waals surface area contributed by atoms with Crippen molar-refractivity contribution in [3.05, 3.63) is 103 Å². The molecule has 0 amide bonds. The van der Waals surface area contributed by atoms with Crippen LogP contribution in [0.15, 0.2) is 103 Å². The zero-order valence-electron chi connectivity index (χ0n) is 14.3. The number of benzene rings is 3. The molecular formula is C22H22BrOP. The van der Waals surface area contributed by atoms with E-state index in [1.54, 1.807) is 0 Å². The lowest BCUT2D eigenvalue weighted by Crippen LogP contribution is -3.00. The molecule has 3 rings (SSSR count). The second-order valence-corrected chi connectivity index (χ2v) is 8.89. The maximum Gasteiger partial charge on any atom is 0.249 e. The van der Waals surface area contributed by atoms with Crippen LogP contribution >= 0.6 is 7.26 Å². The molecular weight excluding hydrogens is 391 g/mol. The Morgan fingerprint density at radius 1 is 0.720 bits per heavy atom. The van der Waals surface area contributed by atoms with Gasteiger partial charge in [0.15, 0.2) is 7.26 Å². The van der Waals surface area contributed by atoms with Crippen LogP contribution in [-0.2, 0) is 4.74 Å².